The Balaban J connectivity index is 1.26. The molecule has 0 amide bonds. The second-order valence-electron chi connectivity index (χ2n) is 14.7. The van der Waals surface area contributed by atoms with Crippen LogP contribution in [0.15, 0.2) is 194 Å². The van der Waals surface area contributed by atoms with E-state index in [4.69, 9.17) is 15.0 Å². The number of benzene rings is 10. The summed E-state index contributed by atoms with van der Waals surface area (Å²) in [5.41, 5.74) is 6.11. The molecule has 0 bridgehead atoms. The monoisotopic (exact) mass is 724 g/mol. The zero-order chi connectivity index (χ0) is 37.5. The molecule has 0 saturated carbocycles. The molecule has 0 aliphatic heterocycles. The van der Waals surface area contributed by atoms with Crippen LogP contribution in [0.1, 0.15) is 0 Å². The minimum absolute atomic E-state index is 0.618. The summed E-state index contributed by atoms with van der Waals surface area (Å²) in [5.74, 6) is 1.88. The fourth-order valence-electron chi connectivity index (χ4n) is 9.06. The van der Waals surface area contributed by atoms with E-state index in [-0.39, 0.29) is 0 Å². The highest BCUT2D eigenvalue weighted by atomic mass is 15.1. The topological polar surface area (TPSA) is 43.6 Å². The van der Waals surface area contributed by atoms with E-state index in [1.54, 1.807) is 0 Å². The summed E-state index contributed by atoms with van der Waals surface area (Å²) in [6.07, 6.45) is 0. The van der Waals surface area contributed by atoms with Gasteiger partial charge in [-0.05, 0) is 84.2 Å². The van der Waals surface area contributed by atoms with Gasteiger partial charge in [0.2, 0.25) is 0 Å². The highest BCUT2D eigenvalue weighted by Gasteiger charge is 2.22. The largest absolute Gasteiger partial charge is 0.308 e. The van der Waals surface area contributed by atoms with Crippen molar-refractivity contribution < 1.29 is 0 Å². The second-order valence-corrected chi connectivity index (χ2v) is 14.7. The van der Waals surface area contributed by atoms with E-state index in [1.165, 1.54) is 48.5 Å². The van der Waals surface area contributed by atoms with Crippen molar-refractivity contribution in [1.29, 1.82) is 0 Å². The molecule has 0 aliphatic carbocycles. The number of fused-ring (bicyclic) bond motifs is 12. The van der Waals surface area contributed by atoms with Crippen molar-refractivity contribution in [2.75, 3.05) is 0 Å². The third kappa shape index (κ3) is 4.84. The van der Waals surface area contributed by atoms with Gasteiger partial charge in [0.05, 0.1) is 16.7 Å². The van der Waals surface area contributed by atoms with Gasteiger partial charge in [0.1, 0.15) is 0 Å². The van der Waals surface area contributed by atoms with Crippen LogP contribution in [0.4, 0.5) is 0 Å². The van der Waals surface area contributed by atoms with Crippen LogP contribution >= 0.6 is 0 Å². The van der Waals surface area contributed by atoms with E-state index in [0.717, 1.165) is 49.6 Å². The summed E-state index contributed by atoms with van der Waals surface area (Å²) in [6.45, 7) is 0. The van der Waals surface area contributed by atoms with Crippen LogP contribution in [-0.4, -0.2) is 19.5 Å². The van der Waals surface area contributed by atoms with E-state index < -0.39 is 0 Å². The lowest BCUT2D eigenvalue weighted by Crippen LogP contribution is -2.04. The maximum absolute atomic E-state index is 5.50. The molecular formula is C53H32N4. The Hall–Kier alpha value is -7.69. The molecule has 0 N–H and O–H groups in total. The Morgan fingerprint density at radius 1 is 0.281 bits per heavy atom. The van der Waals surface area contributed by atoms with E-state index in [2.05, 4.69) is 180 Å². The van der Waals surface area contributed by atoms with Crippen molar-refractivity contribution >= 4 is 75.7 Å². The molecule has 0 fully saturated rings. The van der Waals surface area contributed by atoms with Crippen LogP contribution in [0, 0.1) is 0 Å². The van der Waals surface area contributed by atoms with Gasteiger partial charge in [-0.3, -0.25) is 0 Å². The quantitative estimate of drug-likeness (QED) is 0.170. The minimum Gasteiger partial charge on any atom is -0.308 e. The Kier molecular flexibility index (Phi) is 6.89. The summed E-state index contributed by atoms with van der Waals surface area (Å²) < 4.78 is 2.40. The van der Waals surface area contributed by atoms with Gasteiger partial charge < -0.3 is 4.57 Å². The zero-order valence-corrected chi connectivity index (χ0v) is 30.8. The molecule has 2 aromatic heterocycles. The summed E-state index contributed by atoms with van der Waals surface area (Å²) >= 11 is 0. The van der Waals surface area contributed by atoms with Gasteiger partial charge in [-0.15, -0.1) is 0 Å². The number of aromatic nitrogens is 4. The summed E-state index contributed by atoms with van der Waals surface area (Å²) in [6, 6.07) is 69.2. The van der Waals surface area contributed by atoms with Crippen molar-refractivity contribution in [3.8, 4) is 39.9 Å². The lowest BCUT2D eigenvalue weighted by Gasteiger charge is -2.18. The Bertz CT molecular complexity index is 3530. The molecular weight excluding hydrogens is 693 g/mol. The lowest BCUT2D eigenvalue weighted by atomic mass is 9.92. The fourth-order valence-corrected chi connectivity index (χ4v) is 9.06. The van der Waals surface area contributed by atoms with Gasteiger partial charge in [-0.25, -0.2) is 15.0 Å². The van der Waals surface area contributed by atoms with Gasteiger partial charge in [-0.1, -0.05) is 164 Å². The molecule has 4 nitrogen and oxygen atoms in total. The van der Waals surface area contributed by atoms with Crippen LogP contribution in [0.3, 0.4) is 0 Å². The zero-order valence-electron chi connectivity index (χ0n) is 30.8. The smallest absolute Gasteiger partial charge is 0.166 e. The highest BCUT2D eigenvalue weighted by molar-refractivity contribution is 6.26. The molecule has 4 heteroatoms. The van der Waals surface area contributed by atoms with Gasteiger partial charge in [0, 0.05) is 27.5 Å². The molecule has 0 saturated heterocycles. The molecule has 12 aromatic rings. The van der Waals surface area contributed by atoms with Crippen molar-refractivity contribution in [3.63, 3.8) is 0 Å². The molecule has 0 atom stereocenters. The van der Waals surface area contributed by atoms with E-state index in [1.807, 2.05) is 18.2 Å². The Morgan fingerprint density at radius 3 is 1.32 bits per heavy atom. The molecule has 57 heavy (non-hydrogen) atoms. The van der Waals surface area contributed by atoms with Gasteiger partial charge in [0.25, 0.3) is 0 Å². The van der Waals surface area contributed by atoms with Crippen LogP contribution in [0.5, 0.6) is 0 Å². The number of hydrogen-bond donors (Lipinski definition) is 0. The maximum Gasteiger partial charge on any atom is 0.166 e. The van der Waals surface area contributed by atoms with Crippen molar-refractivity contribution in [1.82, 2.24) is 19.5 Å². The molecule has 264 valence electrons. The first-order valence-electron chi connectivity index (χ1n) is 19.4. The van der Waals surface area contributed by atoms with Gasteiger partial charge >= 0.3 is 0 Å². The van der Waals surface area contributed by atoms with Gasteiger partial charge in [0.15, 0.2) is 17.5 Å². The average Bonchev–Trinajstić information content (AvgIpc) is 3.63. The first-order valence-corrected chi connectivity index (χ1v) is 19.4. The van der Waals surface area contributed by atoms with Crippen LogP contribution < -0.4 is 0 Å². The molecule has 12 rings (SSSR count). The molecule has 0 unspecified atom stereocenters. The molecule has 0 spiro atoms. The van der Waals surface area contributed by atoms with Crippen LogP contribution in [-0.2, 0) is 0 Å². The van der Waals surface area contributed by atoms with E-state index in [0.29, 0.717) is 17.5 Å². The summed E-state index contributed by atoms with van der Waals surface area (Å²) in [4.78, 5) is 16.2. The molecule has 0 aliphatic rings. The van der Waals surface area contributed by atoms with Crippen molar-refractivity contribution in [3.05, 3.63) is 194 Å². The number of nitrogens with zero attached hydrogens (tertiary/aromatic N) is 4. The minimum atomic E-state index is 0.618. The van der Waals surface area contributed by atoms with E-state index in [9.17, 15) is 0 Å². The van der Waals surface area contributed by atoms with Crippen molar-refractivity contribution in [2.45, 2.75) is 0 Å². The SMILES string of the molecule is c1ccc(-c2nc(-c3cc4c5ccccc5c5ccccc5c4cc3-n3c4ccccc4c4ccccc43)nc(-c3cc4ccccc4c4ccccc34)n2)cc1. The number of rotatable bonds is 4. The summed E-state index contributed by atoms with van der Waals surface area (Å²) in [5, 5.41) is 14.2. The Labute approximate surface area is 328 Å². The third-order valence-corrected chi connectivity index (χ3v) is 11.6. The first-order chi connectivity index (χ1) is 28.3. The van der Waals surface area contributed by atoms with Crippen LogP contribution in [0.2, 0.25) is 0 Å². The third-order valence-electron chi connectivity index (χ3n) is 11.6. The second kappa shape index (κ2) is 12.4. The van der Waals surface area contributed by atoms with E-state index >= 15 is 0 Å². The lowest BCUT2D eigenvalue weighted by molar-refractivity contribution is 1.07. The normalized spacial score (nSPS) is 11.9. The molecule has 2 heterocycles. The highest BCUT2D eigenvalue weighted by Crippen LogP contribution is 2.43. The fraction of sp³-hybridized carbons (Fsp3) is 0. The van der Waals surface area contributed by atoms with Gasteiger partial charge in [-0.2, -0.15) is 0 Å². The average molecular weight is 725 g/mol. The standard InChI is InChI=1S/C53H32N4/c1-2-16-33(17-3-1)51-54-52(46-30-34-18-4-5-19-35(34)36-20-6-11-25-41(36)46)56-53(55-51)47-31-44-39-23-9-7-21-37(39)38-22-8-10-24-40(38)45(44)32-50(47)57-48-28-14-12-26-42(48)43-27-13-15-29-49(43)57/h1-32H. The number of para-hydroxylation sites is 2. The molecule has 10 aromatic carbocycles. The Morgan fingerprint density at radius 2 is 0.702 bits per heavy atom. The van der Waals surface area contributed by atoms with Crippen LogP contribution in [0.25, 0.3) is 116 Å². The first kappa shape index (κ1) is 31.6. The molecule has 0 radical (unpaired) electrons. The predicted molar refractivity (Wildman–Crippen MR) is 238 cm³/mol. The summed E-state index contributed by atoms with van der Waals surface area (Å²) in [7, 11) is 0. The maximum atomic E-state index is 5.50. The number of hydrogen-bond acceptors (Lipinski definition) is 3. The predicted octanol–water partition coefficient (Wildman–Crippen LogP) is 13.7. The van der Waals surface area contributed by atoms with Crippen molar-refractivity contribution in [2.24, 2.45) is 0 Å².